The van der Waals surface area contributed by atoms with Gasteiger partial charge in [-0.1, -0.05) is 42.5 Å². The Morgan fingerprint density at radius 3 is 2.68 bits per heavy atom. The van der Waals surface area contributed by atoms with Crippen molar-refractivity contribution in [2.75, 3.05) is 16.2 Å². The molecular formula is C16H14N4O3S2. The molecule has 1 amide bonds. The fraction of sp³-hybridized carbons (Fsp3) is 0.188. The van der Waals surface area contributed by atoms with Gasteiger partial charge in [-0.3, -0.25) is 14.4 Å². The fourth-order valence-electron chi connectivity index (χ4n) is 2.86. The van der Waals surface area contributed by atoms with Crippen molar-refractivity contribution in [3.8, 4) is 0 Å². The van der Waals surface area contributed by atoms with Crippen LogP contribution in [-0.2, 0) is 21.2 Å². The minimum Gasteiger partial charge on any atom is -0.299 e. The SMILES string of the molecule is CCc1nnc(NC(=O)CN2c3cccc4cccc(c34)S2(=O)=O)s1. The number of carbonyl (C=O) groups is 1. The highest BCUT2D eigenvalue weighted by Crippen LogP contribution is 2.41. The lowest BCUT2D eigenvalue weighted by Crippen LogP contribution is -2.35. The number of nitrogens with one attached hydrogen (secondary N) is 1. The summed E-state index contributed by atoms with van der Waals surface area (Å²) in [6, 6.07) is 10.5. The van der Waals surface area contributed by atoms with Crippen LogP contribution >= 0.6 is 11.3 Å². The topological polar surface area (TPSA) is 92.3 Å². The molecule has 0 saturated heterocycles. The van der Waals surface area contributed by atoms with E-state index in [0.717, 1.165) is 21.1 Å². The average Bonchev–Trinajstić information content (AvgIpc) is 3.13. The van der Waals surface area contributed by atoms with Gasteiger partial charge in [0.05, 0.1) is 10.6 Å². The first kappa shape index (κ1) is 16.0. The lowest BCUT2D eigenvalue weighted by atomic mass is 10.1. The number of aryl methyl sites for hydroxylation is 1. The summed E-state index contributed by atoms with van der Waals surface area (Å²) < 4.78 is 26.8. The number of sulfonamides is 1. The number of benzene rings is 2. The molecule has 2 heterocycles. The molecule has 0 atom stereocenters. The highest BCUT2D eigenvalue weighted by Gasteiger charge is 2.36. The smallest absolute Gasteiger partial charge is 0.265 e. The van der Waals surface area contributed by atoms with E-state index in [1.807, 2.05) is 19.1 Å². The van der Waals surface area contributed by atoms with Crippen molar-refractivity contribution < 1.29 is 13.2 Å². The molecule has 25 heavy (non-hydrogen) atoms. The molecule has 0 saturated carbocycles. The zero-order valence-electron chi connectivity index (χ0n) is 13.3. The van der Waals surface area contributed by atoms with Crippen LogP contribution in [0.5, 0.6) is 0 Å². The zero-order chi connectivity index (χ0) is 17.6. The van der Waals surface area contributed by atoms with Crippen LogP contribution in [0, 0.1) is 0 Å². The molecule has 2 aromatic carbocycles. The third-order valence-corrected chi connectivity index (χ3v) is 6.77. The first-order valence-corrected chi connectivity index (χ1v) is 9.93. The van der Waals surface area contributed by atoms with E-state index in [0.29, 0.717) is 16.2 Å². The van der Waals surface area contributed by atoms with Crippen molar-refractivity contribution in [3.05, 3.63) is 41.4 Å². The molecule has 1 N–H and O–H groups in total. The molecule has 0 spiro atoms. The Hall–Kier alpha value is -2.52. The Morgan fingerprint density at radius 2 is 1.96 bits per heavy atom. The minimum absolute atomic E-state index is 0.234. The molecule has 0 bridgehead atoms. The predicted molar refractivity (Wildman–Crippen MR) is 96.4 cm³/mol. The van der Waals surface area contributed by atoms with E-state index in [4.69, 9.17) is 0 Å². The highest BCUT2D eigenvalue weighted by atomic mass is 32.2. The standard InChI is InChI=1S/C16H14N4O3S2/c1-2-14-18-19-16(24-14)17-13(21)9-20-11-7-3-5-10-6-4-8-12(15(10)11)25(20,22)23/h3-8H,2,9H2,1H3,(H,17,19,21). The summed E-state index contributed by atoms with van der Waals surface area (Å²) in [5.41, 5.74) is 0.523. The molecule has 1 aliphatic rings. The molecular weight excluding hydrogens is 360 g/mol. The highest BCUT2D eigenvalue weighted by molar-refractivity contribution is 7.93. The van der Waals surface area contributed by atoms with E-state index in [2.05, 4.69) is 15.5 Å². The third-order valence-electron chi connectivity index (χ3n) is 3.98. The minimum atomic E-state index is -3.75. The van der Waals surface area contributed by atoms with E-state index < -0.39 is 15.9 Å². The second kappa shape index (κ2) is 5.78. The molecule has 0 fully saturated rings. The Bertz CT molecular complexity index is 1090. The van der Waals surface area contributed by atoms with Gasteiger partial charge >= 0.3 is 0 Å². The van der Waals surface area contributed by atoms with Gasteiger partial charge in [0.15, 0.2) is 0 Å². The van der Waals surface area contributed by atoms with Crippen molar-refractivity contribution in [1.29, 1.82) is 0 Å². The molecule has 0 radical (unpaired) electrons. The molecule has 1 aliphatic heterocycles. The van der Waals surface area contributed by atoms with Crippen molar-refractivity contribution in [1.82, 2.24) is 10.2 Å². The maximum absolute atomic E-state index is 12.8. The van der Waals surface area contributed by atoms with Gasteiger partial charge in [-0.25, -0.2) is 8.42 Å². The van der Waals surface area contributed by atoms with Gasteiger partial charge in [-0.2, -0.15) is 0 Å². The Kier molecular flexibility index (Phi) is 3.69. The zero-order valence-corrected chi connectivity index (χ0v) is 14.9. The molecule has 1 aromatic heterocycles. The Morgan fingerprint density at radius 1 is 1.20 bits per heavy atom. The molecule has 128 valence electrons. The van der Waals surface area contributed by atoms with Crippen LogP contribution in [-0.4, -0.2) is 31.1 Å². The number of rotatable bonds is 4. The van der Waals surface area contributed by atoms with Gasteiger partial charge in [0.25, 0.3) is 10.0 Å². The van der Waals surface area contributed by atoms with E-state index in [9.17, 15) is 13.2 Å². The maximum Gasteiger partial charge on any atom is 0.265 e. The van der Waals surface area contributed by atoms with E-state index >= 15 is 0 Å². The number of nitrogens with zero attached hydrogens (tertiary/aromatic N) is 3. The molecule has 0 unspecified atom stereocenters. The Balaban J connectivity index is 1.65. The number of amides is 1. The lowest BCUT2D eigenvalue weighted by molar-refractivity contribution is -0.114. The number of carbonyl (C=O) groups excluding carboxylic acids is 1. The van der Waals surface area contributed by atoms with Gasteiger partial charge in [-0.05, 0) is 23.9 Å². The second-order valence-electron chi connectivity index (χ2n) is 5.55. The maximum atomic E-state index is 12.8. The van der Waals surface area contributed by atoms with Crippen LogP contribution in [0.2, 0.25) is 0 Å². The average molecular weight is 374 g/mol. The Labute approximate surface area is 148 Å². The van der Waals surface area contributed by atoms with Gasteiger partial charge in [0.1, 0.15) is 11.6 Å². The first-order chi connectivity index (χ1) is 12.0. The molecule has 0 aliphatic carbocycles. The van der Waals surface area contributed by atoms with Gasteiger partial charge in [-0.15, -0.1) is 10.2 Å². The summed E-state index contributed by atoms with van der Waals surface area (Å²) in [6.07, 6.45) is 0.728. The largest absolute Gasteiger partial charge is 0.299 e. The summed E-state index contributed by atoms with van der Waals surface area (Å²) in [7, 11) is -3.75. The number of hydrogen-bond acceptors (Lipinski definition) is 6. The summed E-state index contributed by atoms with van der Waals surface area (Å²) in [6.45, 7) is 1.64. The van der Waals surface area contributed by atoms with Crippen molar-refractivity contribution in [2.45, 2.75) is 18.2 Å². The summed E-state index contributed by atoms with van der Waals surface area (Å²) in [5, 5.41) is 13.1. The lowest BCUT2D eigenvalue weighted by Gasteiger charge is -2.17. The second-order valence-corrected chi connectivity index (χ2v) is 8.44. The molecule has 4 rings (SSSR count). The summed E-state index contributed by atoms with van der Waals surface area (Å²) in [5.74, 6) is -0.452. The number of aromatic nitrogens is 2. The van der Waals surface area contributed by atoms with Crippen LogP contribution in [0.3, 0.4) is 0 Å². The third kappa shape index (κ3) is 2.56. The van der Waals surface area contributed by atoms with Crippen LogP contribution in [0.25, 0.3) is 10.8 Å². The van der Waals surface area contributed by atoms with Crippen LogP contribution in [0.4, 0.5) is 10.8 Å². The van der Waals surface area contributed by atoms with E-state index in [1.54, 1.807) is 24.3 Å². The van der Waals surface area contributed by atoms with Crippen LogP contribution in [0.1, 0.15) is 11.9 Å². The predicted octanol–water partition coefficient (Wildman–Crippen LogP) is 2.40. The van der Waals surface area contributed by atoms with Crippen LogP contribution in [0.15, 0.2) is 41.3 Å². The van der Waals surface area contributed by atoms with Crippen molar-refractivity contribution >= 4 is 48.9 Å². The fourth-order valence-corrected chi connectivity index (χ4v) is 5.23. The summed E-state index contributed by atoms with van der Waals surface area (Å²) >= 11 is 1.28. The number of hydrogen-bond donors (Lipinski definition) is 1. The van der Waals surface area contributed by atoms with Gasteiger partial charge in [0.2, 0.25) is 11.0 Å². The normalized spacial score (nSPS) is 14.8. The first-order valence-electron chi connectivity index (χ1n) is 7.67. The molecule has 7 nitrogen and oxygen atoms in total. The summed E-state index contributed by atoms with van der Waals surface area (Å²) in [4.78, 5) is 12.6. The quantitative estimate of drug-likeness (QED) is 0.757. The molecule has 9 heteroatoms. The van der Waals surface area contributed by atoms with E-state index in [1.165, 1.54) is 11.3 Å². The molecule has 3 aromatic rings. The number of anilines is 2. The monoisotopic (exact) mass is 374 g/mol. The van der Waals surface area contributed by atoms with E-state index in [-0.39, 0.29) is 11.4 Å². The van der Waals surface area contributed by atoms with Crippen LogP contribution < -0.4 is 9.62 Å². The van der Waals surface area contributed by atoms with Crippen molar-refractivity contribution in [2.24, 2.45) is 0 Å². The van der Waals surface area contributed by atoms with Gasteiger partial charge in [0, 0.05) is 5.39 Å². The van der Waals surface area contributed by atoms with Crippen molar-refractivity contribution in [3.63, 3.8) is 0 Å². The van der Waals surface area contributed by atoms with Gasteiger partial charge < -0.3 is 0 Å².